The highest BCUT2D eigenvalue weighted by molar-refractivity contribution is 5.91. The highest BCUT2D eigenvalue weighted by Gasteiger charge is 2.32. The summed E-state index contributed by atoms with van der Waals surface area (Å²) in [7, 11) is 2.39. The van der Waals surface area contributed by atoms with Crippen molar-refractivity contribution < 1.29 is 9.22 Å². The van der Waals surface area contributed by atoms with Crippen LogP contribution in [0.15, 0.2) is 30.5 Å². The van der Waals surface area contributed by atoms with Crippen LogP contribution in [0.1, 0.15) is 12.8 Å². The Morgan fingerprint density at radius 2 is 2.04 bits per heavy atom. The molecule has 2 fully saturated rings. The maximum atomic E-state index is 6.08. The Kier molecular flexibility index (Phi) is 4.71. The molecule has 5 nitrogen and oxygen atoms in total. The van der Waals surface area contributed by atoms with Gasteiger partial charge in [-0.25, -0.2) is 0 Å². The van der Waals surface area contributed by atoms with E-state index < -0.39 is 0 Å². The minimum absolute atomic E-state index is 0.383. The molecule has 2 saturated heterocycles. The van der Waals surface area contributed by atoms with Crippen LogP contribution in [0.2, 0.25) is 0 Å². The third kappa shape index (κ3) is 3.68. The summed E-state index contributed by atoms with van der Waals surface area (Å²) in [6.07, 6.45) is 5.29. The first kappa shape index (κ1) is 16.9. The molecule has 0 saturated carbocycles. The van der Waals surface area contributed by atoms with Crippen LogP contribution in [0.3, 0.4) is 0 Å². The SMILES string of the molecule is C[N+]1(CC2CN(CCn3ccc4c(N)cccc43)CCO2)CCCC1. The summed E-state index contributed by atoms with van der Waals surface area (Å²) in [5.41, 5.74) is 8.18. The Morgan fingerprint density at radius 3 is 2.88 bits per heavy atom. The zero-order valence-electron chi connectivity index (χ0n) is 15.4. The molecule has 25 heavy (non-hydrogen) atoms. The first-order valence-corrected chi connectivity index (χ1v) is 9.64. The van der Waals surface area contributed by atoms with Gasteiger partial charge in [-0.05, 0) is 18.2 Å². The van der Waals surface area contributed by atoms with Crippen LogP contribution in [0.4, 0.5) is 5.69 Å². The molecule has 0 spiro atoms. The highest BCUT2D eigenvalue weighted by Crippen LogP contribution is 2.22. The molecule has 0 bridgehead atoms. The van der Waals surface area contributed by atoms with Crippen molar-refractivity contribution in [3.05, 3.63) is 30.5 Å². The summed E-state index contributed by atoms with van der Waals surface area (Å²) < 4.78 is 9.60. The van der Waals surface area contributed by atoms with Gasteiger partial charge in [0.2, 0.25) is 0 Å². The molecular formula is C20H31N4O+. The summed E-state index contributed by atoms with van der Waals surface area (Å²) in [5, 5.41) is 1.16. The Balaban J connectivity index is 1.35. The van der Waals surface area contributed by atoms with Gasteiger partial charge in [0.25, 0.3) is 0 Å². The first-order chi connectivity index (χ1) is 12.1. The van der Waals surface area contributed by atoms with Gasteiger partial charge in [-0.15, -0.1) is 0 Å². The maximum Gasteiger partial charge on any atom is 0.119 e. The number of quaternary nitrogens is 1. The number of fused-ring (bicyclic) bond motifs is 1. The zero-order chi connectivity index (χ0) is 17.3. The summed E-state index contributed by atoms with van der Waals surface area (Å²) in [5.74, 6) is 0. The maximum absolute atomic E-state index is 6.08. The normalized spacial score (nSPS) is 24.1. The second-order valence-electron chi connectivity index (χ2n) is 8.04. The van der Waals surface area contributed by atoms with Gasteiger partial charge in [0.15, 0.2) is 0 Å². The highest BCUT2D eigenvalue weighted by atomic mass is 16.5. The second kappa shape index (κ2) is 6.98. The number of anilines is 1. The van der Waals surface area contributed by atoms with Gasteiger partial charge in [-0.3, -0.25) is 4.90 Å². The zero-order valence-corrected chi connectivity index (χ0v) is 15.4. The molecule has 0 aliphatic carbocycles. The van der Waals surface area contributed by atoms with E-state index in [4.69, 9.17) is 10.5 Å². The number of nitrogens with two attached hydrogens (primary N) is 1. The average Bonchev–Trinajstić information content (AvgIpc) is 3.21. The topological polar surface area (TPSA) is 43.4 Å². The fourth-order valence-corrected chi connectivity index (χ4v) is 4.56. The van der Waals surface area contributed by atoms with E-state index in [1.807, 2.05) is 12.1 Å². The van der Waals surface area contributed by atoms with Crippen molar-refractivity contribution in [3.8, 4) is 0 Å². The number of nitrogens with zero attached hydrogens (tertiary/aromatic N) is 3. The summed E-state index contributed by atoms with van der Waals surface area (Å²) in [4.78, 5) is 2.56. The molecule has 2 N–H and O–H groups in total. The van der Waals surface area contributed by atoms with Gasteiger partial charge in [-0.2, -0.15) is 0 Å². The summed E-state index contributed by atoms with van der Waals surface area (Å²) in [6.45, 7) is 8.85. The lowest BCUT2D eigenvalue weighted by Gasteiger charge is -2.38. The minimum Gasteiger partial charge on any atom is -0.398 e. The largest absolute Gasteiger partial charge is 0.398 e. The number of nitrogen functional groups attached to an aromatic ring is 1. The molecule has 1 aromatic heterocycles. The Bertz CT molecular complexity index is 720. The van der Waals surface area contributed by atoms with E-state index in [0.717, 1.165) is 43.9 Å². The average molecular weight is 343 g/mol. The van der Waals surface area contributed by atoms with Crippen LogP contribution in [0.25, 0.3) is 10.9 Å². The van der Waals surface area contributed by atoms with Gasteiger partial charge in [0, 0.05) is 56.3 Å². The van der Waals surface area contributed by atoms with Crippen LogP contribution >= 0.6 is 0 Å². The van der Waals surface area contributed by atoms with E-state index in [-0.39, 0.29) is 0 Å². The molecule has 5 heteroatoms. The summed E-state index contributed by atoms with van der Waals surface area (Å²) in [6, 6.07) is 8.30. The molecular weight excluding hydrogens is 312 g/mol. The smallest absolute Gasteiger partial charge is 0.119 e. The summed E-state index contributed by atoms with van der Waals surface area (Å²) >= 11 is 0. The number of morpholine rings is 1. The van der Waals surface area contributed by atoms with E-state index in [0.29, 0.717) is 6.10 Å². The van der Waals surface area contributed by atoms with E-state index in [1.165, 1.54) is 42.5 Å². The van der Waals surface area contributed by atoms with Crippen molar-refractivity contribution in [1.82, 2.24) is 9.47 Å². The van der Waals surface area contributed by atoms with E-state index in [9.17, 15) is 0 Å². The molecule has 2 aromatic rings. The number of benzene rings is 1. The molecule has 1 aromatic carbocycles. The quantitative estimate of drug-likeness (QED) is 0.668. The lowest BCUT2D eigenvalue weighted by molar-refractivity contribution is -0.900. The molecule has 2 aliphatic heterocycles. The Morgan fingerprint density at radius 1 is 1.20 bits per heavy atom. The van der Waals surface area contributed by atoms with E-state index in [1.54, 1.807) is 0 Å². The Hall–Kier alpha value is -1.56. The van der Waals surface area contributed by atoms with E-state index in [2.05, 4.69) is 34.8 Å². The molecule has 4 rings (SSSR count). The lowest BCUT2D eigenvalue weighted by atomic mass is 10.2. The molecule has 3 heterocycles. The predicted molar refractivity (Wildman–Crippen MR) is 103 cm³/mol. The molecule has 1 unspecified atom stereocenters. The van der Waals surface area contributed by atoms with Crippen LogP contribution in [-0.4, -0.2) is 73.0 Å². The van der Waals surface area contributed by atoms with Crippen molar-refractivity contribution in [2.45, 2.75) is 25.5 Å². The van der Waals surface area contributed by atoms with Gasteiger partial charge in [-0.1, -0.05) is 6.07 Å². The van der Waals surface area contributed by atoms with Gasteiger partial charge < -0.3 is 19.5 Å². The lowest BCUT2D eigenvalue weighted by Crippen LogP contribution is -2.53. The molecule has 0 amide bonds. The fraction of sp³-hybridized carbons (Fsp3) is 0.600. The minimum atomic E-state index is 0.383. The molecule has 2 aliphatic rings. The van der Waals surface area contributed by atoms with Gasteiger partial charge in [0.1, 0.15) is 12.6 Å². The van der Waals surface area contributed by atoms with Crippen molar-refractivity contribution >= 4 is 16.6 Å². The number of hydrogen-bond donors (Lipinski definition) is 1. The van der Waals surface area contributed by atoms with Gasteiger partial charge in [0.05, 0.1) is 32.3 Å². The van der Waals surface area contributed by atoms with Crippen molar-refractivity contribution in [1.29, 1.82) is 0 Å². The van der Waals surface area contributed by atoms with Crippen molar-refractivity contribution in [2.24, 2.45) is 0 Å². The van der Waals surface area contributed by atoms with Gasteiger partial charge >= 0.3 is 0 Å². The molecule has 1 atom stereocenters. The number of ether oxygens (including phenoxy) is 1. The fourth-order valence-electron chi connectivity index (χ4n) is 4.56. The Labute approximate surface area is 150 Å². The van der Waals surface area contributed by atoms with Crippen LogP contribution in [0, 0.1) is 0 Å². The number of rotatable bonds is 5. The third-order valence-corrected chi connectivity index (χ3v) is 6.02. The van der Waals surface area contributed by atoms with Crippen molar-refractivity contribution in [3.63, 3.8) is 0 Å². The number of aromatic nitrogens is 1. The number of likely N-dealkylation sites (N-methyl/N-ethyl adjacent to an activating group) is 1. The van der Waals surface area contributed by atoms with Crippen LogP contribution in [0.5, 0.6) is 0 Å². The standard InChI is InChI=1S/C20H31N4O/c1-24(12-2-3-13-24)16-17-15-22(11-14-25-17)9-10-23-8-7-18-19(21)5-4-6-20(18)23/h4-8,17H,2-3,9-16,21H2,1H3/q+1. The second-order valence-corrected chi connectivity index (χ2v) is 8.04. The van der Waals surface area contributed by atoms with E-state index >= 15 is 0 Å². The molecule has 0 radical (unpaired) electrons. The number of likely N-dealkylation sites (tertiary alicyclic amines) is 1. The number of hydrogen-bond acceptors (Lipinski definition) is 3. The third-order valence-electron chi connectivity index (χ3n) is 6.02. The first-order valence-electron chi connectivity index (χ1n) is 9.64. The van der Waals surface area contributed by atoms with Crippen molar-refractivity contribution in [2.75, 3.05) is 58.7 Å². The monoisotopic (exact) mass is 343 g/mol. The van der Waals surface area contributed by atoms with Crippen LogP contribution < -0.4 is 5.73 Å². The van der Waals surface area contributed by atoms with Crippen LogP contribution in [-0.2, 0) is 11.3 Å². The predicted octanol–water partition coefficient (Wildman–Crippen LogP) is 2.16. The molecule has 136 valence electrons.